The van der Waals surface area contributed by atoms with E-state index in [1.807, 2.05) is 0 Å². The molecule has 0 spiro atoms. The number of carbonyl (C=O) groups is 2. The van der Waals surface area contributed by atoms with E-state index in [0.717, 1.165) is 25.9 Å². The summed E-state index contributed by atoms with van der Waals surface area (Å²) in [6, 6.07) is 0. The molecule has 1 aliphatic rings. The number of hydrogen-bond acceptors (Lipinski definition) is 5. The van der Waals surface area contributed by atoms with Crippen molar-refractivity contribution in [2.75, 3.05) is 25.4 Å². The molecule has 1 saturated heterocycles. The van der Waals surface area contributed by atoms with Gasteiger partial charge in [-0.1, -0.05) is 0 Å². The molecule has 1 aromatic rings. The first kappa shape index (κ1) is 12.3. The van der Waals surface area contributed by atoms with Crippen LogP contribution in [-0.4, -0.2) is 51.1 Å². The van der Waals surface area contributed by atoms with Gasteiger partial charge in [0, 0.05) is 13.1 Å². The molecule has 0 atom stereocenters. The van der Waals surface area contributed by atoms with Crippen molar-refractivity contribution < 1.29 is 9.59 Å². The first-order valence-electron chi connectivity index (χ1n) is 5.84. The van der Waals surface area contributed by atoms with Crippen molar-refractivity contribution in [3.8, 4) is 0 Å². The Balaban J connectivity index is 1.72. The summed E-state index contributed by atoms with van der Waals surface area (Å²) < 4.78 is 1.32. The minimum atomic E-state index is -0.285. The number of amides is 2. The molecule has 0 unspecified atom stereocenters. The van der Waals surface area contributed by atoms with Gasteiger partial charge < -0.3 is 16.0 Å². The number of nitrogens with one attached hydrogen (secondary N) is 1. The fraction of sp³-hybridized carbons (Fsp3) is 0.600. The van der Waals surface area contributed by atoms with Gasteiger partial charge in [-0.25, -0.2) is 9.67 Å². The van der Waals surface area contributed by atoms with Crippen molar-refractivity contribution in [3.63, 3.8) is 0 Å². The molecular weight excluding hydrogens is 236 g/mol. The molecule has 1 fully saturated rings. The van der Waals surface area contributed by atoms with Crippen molar-refractivity contribution in [1.82, 2.24) is 25.0 Å². The van der Waals surface area contributed by atoms with Crippen molar-refractivity contribution in [2.45, 2.75) is 19.4 Å². The quantitative estimate of drug-likeness (QED) is 0.685. The van der Waals surface area contributed by atoms with Crippen LogP contribution in [0.25, 0.3) is 0 Å². The van der Waals surface area contributed by atoms with Gasteiger partial charge in [0.15, 0.2) is 0 Å². The van der Waals surface area contributed by atoms with Crippen LogP contribution < -0.4 is 11.1 Å². The monoisotopic (exact) mass is 252 g/mol. The van der Waals surface area contributed by atoms with Gasteiger partial charge in [0.25, 0.3) is 0 Å². The Morgan fingerprint density at radius 2 is 2.11 bits per heavy atom. The van der Waals surface area contributed by atoms with Gasteiger partial charge in [-0.3, -0.25) is 9.59 Å². The number of nitrogen functional groups attached to an aromatic ring is 1. The van der Waals surface area contributed by atoms with Crippen LogP contribution in [0.4, 0.5) is 5.95 Å². The standard InChI is InChI=1S/C10H16N6O2/c11-10-13-7-16(14-10)6-8(17)12-5-9(18)15-3-1-2-4-15/h7H,1-6H2,(H2,11,14)(H,12,17). The lowest BCUT2D eigenvalue weighted by Crippen LogP contribution is -2.39. The maximum absolute atomic E-state index is 11.7. The Morgan fingerprint density at radius 1 is 1.39 bits per heavy atom. The molecule has 8 nitrogen and oxygen atoms in total. The van der Waals surface area contributed by atoms with Crippen LogP contribution in [0.2, 0.25) is 0 Å². The van der Waals surface area contributed by atoms with Crippen molar-refractivity contribution in [1.29, 1.82) is 0 Å². The van der Waals surface area contributed by atoms with Gasteiger partial charge in [0.05, 0.1) is 6.54 Å². The van der Waals surface area contributed by atoms with Crippen LogP contribution in [0, 0.1) is 0 Å². The summed E-state index contributed by atoms with van der Waals surface area (Å²) in [5.41, 5.74) is 5.32. The maximum Gasteiger partial charge on any atom is 0.242 e. The Labute approximate surface area is 104 Å². The Kier molecular flexibility index (Phi) is 3.75. The van der Waals surface area contributed by atoms with E-state index in [4.69, 9.17) is 5.73 Å². The summed E-state index contributed by atoms with van der Waals surface area (Å²) in [5, 5.41) is 6.34. The van der Waals surface area contributed by atoms with E-state index in [1.165, 1.54) is 11.0 Å². The third-order valence-electron chi connectivity index (χ3n) is 2.76. The number of aromatic nitrogens is 3. The van der Waals surface area contributed by atoms with Gasteiger partial charge in [-0.15, -0.1) is 5.10 Å². The molecule has 2 rings (SSSR count). The number of likely N-dealkylation sites (tertiary alicyclic amines) is 1. The number of carbonyl (C=O) groups excluding carboxylic acids is 2. The number of nitrogens with zero attached hydrogens (tertiary/aromatic N) is 4. The van der Waals surface area contributed by atoms with Gasteiger partial charge in [-0.05, 0) is 12.8 Å². The molecule has 98 valence electrons. The van der Waals surface area contributed by atoms with Gasteiger partial charge in [0.2, 0.25) is 17.8 Å². The van der Waals surface area contributed by atoms with E-state index in [-0.39, 0.29) is 30.9 Å². The molecule has 8 heteroatoms. The Hall–Kier alpha value is -2.12. The van der Waals surface area contributed by atoms with E-state index < -0.39 is 0 Å². The van der Waals surface area contributed by atoms with Gasteiger partial charge >= 0.3 is 0 Å². The fourth-order valence-electron chi connectivity index (χ4n) is 1.84. The maximum atomic E-state index is 11.7. The molecule has 1 aliphatic heterocycles. The summed E-state index contributed by atoms with van der Waals surface area (Å²) in [4.78, 5) is 28.7. The zero-order chi connectivity index (χ0) is 13.0. The van der Waals surface area contributed by atoms with Crippen LogP contribution in [-0.2, 0) is 16.1 Å². The highest BCUT2D eigenvalue weighted by Crippen LogP contribution is 2.06. The highest BCUT2D eigenvalue weighted by Gasteiger charge is 2.18. The molecule has 1 aromatic heterocycles. The third-order valence-corrected chi connectivity index (χ3v) is 2.76. The van der Waals surface area contributed by atoms with Crippen molar-refractivity contribution >= 4 is 17.8 Å². The van der Waals surface area contributed by atoms with E-state index in [2.05, 4.69) is 15.4 Å². The minimum absolute atomic E-state index is 0.0114. The van der Waals surface area contributed by atoms with Crippen LogP contribution >= 0.6 is 0 Å². The van der Waals surface area contributed by atoms with E-state index in [0.29, 0.717) is 0 Å². The zero-order valence-electron chi connectivity index (χ0n) is 10.0. The van der Waals surface area contributed by atoms with Crippen molar-refractivity contribution in [2.24, 2.45) is 0 Å². The lowest BCUT2D eigenvalue weighted by molar-refractivity contribution is -0.132. The summed E-state index contributed by atoms with van der Waals surface area (Å²) >= 11 is 0. The predicted molar refractivity (Wildman–Crippen MR) is 63.3 cm³/mol. The van der Waals surface area contributed by atoms with Gasteiger partial charge in [0.1, 0.15) is 12.9 Å². The van der Waals surface area contributed by atoms with Crippen LogP contribution in [0.1, 0.15) is 12.8 Å². The molecule has 0 aromatic carbocycles. The third kappa shape index (κ3) is 3.19. The summed E-state index contributed by atoms with van der Waals surface area (Å²) in [5.74, 6) is -0.206. The molecule has 3 N–H and O–H groups in total. The summed E-state index contributed by atoms with van der Waals surface area (Å²) in [6.45, 7) is 1.61. The molecule has 0 aliphatic carbocycles. The molecule has 2 amide bonds. The molecule has 2 heterocycles. The highest BCUT2D eigenvalue weighted by molar-refractivity contribution is 5.84. The average Bonchev–Trinajstić information content (AvgIpc) is 2.97. The van der Waals surface area contributed by atoms with Crippen LogP contribution in [0.15, 0.2) is 6.33 Å². The van der Waals surface area contributed by atoms with Crippen molar-refractivity contribution in [3.05, 3.63) is 6.33 Å². The Morgan fingerprint density at radius 3 is 2.72 bits per heavy atom. The lowest BCUT2D eigenvalue weighted by Gasteiger charge is -2.15. The molecule has 18 heavy (non-hydrogen) atoms. The van der Waals surface area contributed by atoms with Gasteiger partial charge in [-0.2, -0.15) is 0 Å². The summed E-state index contributed by atoms with van der Waals surface area (Å²) in [6.07, 6.45) is 3.45. The Bertz CT molecular complexity index is 437. The number of nitrogens with two attached hydrogens (primary N) is 1. The molecule has 0 radical (unpaired) electrons. The predicted octanol–water partition coefficient (Wildman–Crippen LogP) is -1.40. The normalized spacial score (nSPS) is 14.8. The summed E-state index contributed by atoms with van der Waals surface area (Å²) in [7, 11) is 0. The smallest absolute Gasteiger partial charge is 0.242 e. The second-order valence-electron chi connectivity index (χ2n) is 4.16. The lowest BCUT2D eigenvalue weighted by atomic mass is 10.4. The molecule has 0 saturated carbocycles. The minimum Gasteiger partial charge on any atom is -0.367 e. The van der Waals surface area contributed by atoms with E-state index >= 15 is 0 Å². The highest BCUT2D eigenvalue weighted by atomic mass is 16.2. The second-order valence-corrected chi connectivity index (χ2v) is 4.16. The molecule has 0 bridgehead atoms. The number of hydrogen-bond donors (Lipinski definition) is 2. The van der Waals surface area contributed by atoms with Crippen LogP contribution in [0.5, 0.6) is 0 Å². The SMILES string of the molecule is Nc1ncn(CC(=O)NCC(=O)N2CCCC2)n1. The van der Waals surface area contributed by atoms with Crippen LogP contribution in [0.3, 0.4) is 0 Å². The molecular formula is C10H16N6O2. The average molecular weight is 252 g/mol. The van der Waals surface area contributed by atoms with E-state index in [1.54, 1.807) is 4.90 Å². The number of anilines is 1. The van der Waals surface area contributed by atoms with E-state index in [9.17, 15) is 9.59 Å². The zero-order valence-corrected chi connectivity index (χ0v) is 10.0. The largest absolute Gasteiger partial charge is 0.367 e. The number of rotatable bonds is 4. The topological polar surface area (TPSA) is 106 Å². The fourth-order valence-corrected chi connectivity index (χ4v) is 1.84. The first-order chi connectivity index (χ1) is 8.65. The second kappa shape index (κ2) is 5.48. The first-order valence-corrected chi connectivity index (χ1v) is 5.84.